The van der Waals surface area contributed by atoms with Gasteiger partial charge in [-0.25, -0.2) is 4.98 Å². The fourth-order valence-electron chi connectivity index (χ4n) is 0.962. The molecule has 1 rings (SSSR count). The molecule has 0 saturated heterocycles. The molecule has 1 atom stereocenters. The number of nitrogens with zero attached hydrogens (tertiary/aromatic N) is 1. The molecular weight excluding hydrogens is 157 g/mol. The van der Waals surface area contributed by atoms with E-state index in [4.69, 9.17) is 11.5 Å². The summed E-state index contributed by atoms with van der Waals surface area (Å²) in [5.41, 5.74) is 12.1. The van der Waals surface area contributed by atoms with Gasteiger partial charge in [0.05, 0.1) is 0 Å². The van der Waals surface area contributed by atoms with Gasteiger partial charge in [0, 0.05) is 24.3 Å². The van der Waals surface area contributed by atoms with Gasteiger partial charge in [-0.2, -0.15) is 4.39 Å². The number of hydrogen-bond donors (Lipinski definition) is 2. The SMILES string of the molecule is Cc1cnc(F)c(C(N)CN)c1. The minimum absolute atomic E-state index is 0.224. The molecule has 12 heavy (non-hydrogen) atoms. The van der Waals surface area contributed by atoms with Crippen molar-refractivity contribution in [1.82, 2.24) is 4.98 Å². The number of rotatable bonds is 2. The highest BCUT2D eigenvalue weighted by molar-refractivity contribution is 5.21. The predicted octanol–water partition coefficient (Wildman–Crippen LogP) is 0.488. The van der Waals surface area contributed by atoms with Crippen LogP contribution in [0, 0.1) is 12.9 Å². The first kappa shape index (κ1) is 9.09. The summed E-state index contributed by atoms with van der Waals surface area (Å²) in [4.78, 5) is 3.55. The number of pyridine rings is 1. The third kappa shape index (κ3) is 1.78. The molecule has 1 heterocycles. The molecule has 4 N–H and O–H groups in total. The highest BCUT2D eigenvalue weighted by Crippen LogP contribution is 2.13. The Morgan fingerprint density at radius 1 is 1.67 bits per heavy atom. The fourth-order valence-corrected chi connectivity index (χ4v) is 0.962. The molecular formula is C8H12FN3. The first-order valence-electron chi connectivity index (χ1n) is 3.73. The molecule has 0 bridgehead atoms. The third-order valence-corrected chi connectivity index (χ3v) is 1.66. The number of aryl methyl sites for hydroxylation is 1. The maximum Gasteiger partial charge on any atom is 0.217 e. The molecule has 0 fully saturated rings. The van der Waals surface area contributed by atoms with Gasteiger partial charge >= 0.3 is 0 Å². The van der Waals surface area contributed by atoms with Crippen LogP contribution in [0.15, 0.2) is 12.3 Å². The summed E-state index contributed by atoms with van der Waals surface area (Å²) in [6, 6.07) is 1.21. The lowest BCUT2D eigenvalue weighted by molar-refractivity contribution is 0.545. The van der Waals surface area contributed by atoms with E-state index < -0.39 is 12.0 Å². The van der Waals surface area contributed by atoms with Crippen molar-refractivity contribution >= 4 is 0 Å². The van der Waals surface area contributed by atoms with Crippen molar-refractivity contribution in [2.24, 2.45) is 11.5 Å². The molecule has 0 saturated carbocycles. The average molecular weight is 169 g/mol. The van der Waals surface area contributed by atoms with Gasteiger partial charge in [-0.15, -0.1) is 0 Å². The molecule has 1 unspecified atom stereocenters. The molecule has 1 aromatic rings. The molecule has 0 radical (unpaired) electrons. The van der Waals surface area contributed by atoms with E-state index in [0.717, 1.165) is 5.56 Å². The van der Waals surface area contributed by atoms with Crippen molar-refractivity contribution in [2.75, 3.05) is 6.54 Å². The number of aromatic nitrogens is 1. The lowest BCUT2D eigenvalue weighted by Gasteiger charge is -2.09. The van der Waals surface area contributed by atoms with Gasteiger partial charge in [-0.05, 0) is 18.6 Å². The van der Waals surface area contributed by atoms with Crippen LogP contribution >= 0.6 is 0 Å². The molecule has 66 valence electrons. The van der Waals surface area contributed by atoms with E-state index in [2.05, 4.69) is 4.98 Å². The van der Waals surface area contributed by atoms with Crippen LogP contribution in [-0.4, -0.2) is 11.5 Å². The topological polar surface area (TPSA) is 64.9 Å². The van der Waals surface area contributed by atoms with E-state index in [9.17, 15) is 4.39 Å². The normalized spacial score (nSPS) is 13.0. The summed E-state index contributed by atoms with van der Waals surface area (Å²) >= 11 is 0. The summed E-state index contributed by atoms with van der Waals surface area (Å²) in [6.45, 7) is 2.06. The van der Waals surface area contributed by atoms with Crippen LogP contribution in [-0.2, 0) is 0 Å². The smallest absolute Gasteiger partial charge is 0.217 e. The molecule has 4 heteroatoms. The number of nitrogens with two attached hydrogens (primary N) is 2. The highest BCUT2D eigenvalue weighted by atomic mass is 19.1. The Morgan fingerprint density at radius 2 is 2.33 bits per heavy atom. The standard InChI is InChI=1S/C8H12FN3/c1-5-2-6(7(11)3-10)8(9)12-4-5/h2,4,7H,3,10-11H2,1H3. The molecule has 3 nitrogen and oxygen atoms in total. The summed E-state index contributed by atoms with van der Waals surface area (Å²) in [6.07, 6.45) is 1.46. The van der Waals surface area contributed by atoms with Gasteiger partial charge in [0.25, 0.3) is 0 Å². The van der Waals surface area contributed by atoms with Gasteiger partial charge in [-0.3, -0.25) is 0 Å². The Morgan fingerprint density at radius 3 is 2.92 bits per heavy atom. The highest BCUT2D eigenvalue weighted by Gasteiger charge is 2.10. The molecule has 0 aliphatic heterocycles. The second kappa shape index (κ2) is 3.60. The predicted molar refractivity (Wildman–Crippen MR) is 44.9 cm³/mol. The Kier molecular flexibility index (Phi) is 2.73. The molecule has 0 spiro atoms. The lowest BCUT2D eigenvalue weighted by atomic mass is 10.1. The maximum atomic E-state index is 13.0. The minimum atomic E-state index is -0.529. The summed E-state index contributed by atoms with van der Waals surface area (Å²) in [5, 5.41) is 0. The minimum Gasteiger partial charge on any atom is -0.329 e. The fraction of sp³-hybridized carbons (Fsp3) is 0.375. The quantitative estimate of drug-likeness (QED) is 0.633. The summed E-state index contributed by atoms with van der Waals surface area (Å²) in [5.74, 6) is -0.529. The van der Waals surface area contributed by atoms with Crippen molar-refractivity contribution < 1.29 is 4.39 Å². The van der Waals surface area contributed by atoms with Crippen molar-refractivity contribution in [3.63, 3.8) is 0 Å². The van der Waals surface area contributed by atoms with E-state index in [0.29, 0.717) is 5.56 Å². The van der Waals surface area contributed by atoms with Gasteiger partial charge in [0.1, 0.15) is 0 Å². The van der Waals surface area contributed by atoms with E-state index in [1.54, 1.807) is 6.07 Å². The van der Waals surface area contributed by atoms with Crippen LogP contribution in [0.2, 0.25) is 0 Å². The van der Waals surface area contributed by atoms with Gasteiger partial charge < -0.3 is 11.5 Å². The molecule has 0 aliphatic carbocycles. The van der Waals surface area contributed by atoms with Gasteiger partial charge in [-0.1, -0.05) is 0 Å². The van der Waals surface area contributed by atoms with E-state index >= 15 is 0 Å². The molecule has 0 aliphatic rings. The first-order valence-corrected chi connectivity index (χ1v) is 3.73. The van der Waals surface area contributed by atoms with E-state index in [1.807, 2.05) is 6.92 Å². The summed E-state index contributed by atoms with van der Waals surface area (Å²) in [7, 11) is 0. The van der Waals surface area contributed by atoms with Crippen molar-refractivity contribution in [2.45, 2.75) is 13.0 Å². The Bertz CT molecular complexity index is 275. The van der Waals surface area contributed by atoms with Crippen LogP contribution < -0.4 is 11.5 Å². The second-order valence-corrected chi connectivity index (χ2v) is 2.73. The molecule has 1 aromatic heterocycles. The lowest BCUT2D eigenvalue weighted by Crippen LogP contribution is -2.22. The number of hydrogen-bond acceptors (Lipinski definition) is 3. The number of halogens is 1. The Labute approximate surface area is 70.6 Å². The average Bonchev–Trinajstić information content (AvgIpc) is 2.08. The molecule has 0 amide bonds. The largest absolute Gasteiger partial charge is 0.329 e. The molecule has 0 aromatic carbocycles. The van der Waals surface area contributed by atoms with Crippen LogP contribution in [0.5, 0.6) is 0 Å². The van der Waals surface area contributed by atoms with Crippen LogP contribution in [0.1, 0.15) is 17.2 Å². The summed E-state index contributed by atoms with van der Waals surface area (Å²) < 4.78 is 13.0. The Balaban J connectivity index is 3.04. The van der Waals surface area contributed by atoms with Crippen LogP contribution in [0.3, 0.4) is 0 Å². The third-order valence-electron chi connectivity index (χ3n) is 1.66. The van der Waals surface area contributed by atoms with Gasteiger partial charge in [0.15, 0.2) is 0 Å². The maximum absolute atomic E-state index is 13.0. The zero-order chi connectivity index (χ0) is 9.14. The zero-order valence-corrected chi connectivity index (χ0v) is 6.92. The van der Waals surface area contributed by atoms with Crippen LogP contribution in [0.25, 0.3) is 0 Å². The first-order chi connectivity index (χ1) is 5.65. The van der Waals surface area contributed by atoms with E-state index in [-0.39, 0.29) is 6.54 Å². The van der Waals surface area contributed by atoms with E-state index in [1.165, 1.54) is 6.20 Å². The Hall–Kier alpha value is -1.00. The van der Waals surface area contributed by atoms with Crippen LogP contribution in [0.4, 0.5) is 4.39 Å². The van der Waals surface area contributed by atoms with Crippen molar-refractivity contribution in [3.8, 4) is 0 Å². The zero-order valence-electron chi connectivity index (χ0n) is 6.92. The van der Waals surface area contributed by atoms with Crippen molar-refractivity contribution in [1.29, 1.82) is 0 Å². The second-order valence-electron chi connectivity index (χ2n) is 2.73. The van der Waals surface area contributed by atoms with Gasteiger partial charge in [0.2, 0.25) is 5.95 Å². The monoisotopic (exact) mass is 169 g/mol. The van der Waals surface area contributed by atoms with Crippen molar-refractivity contribution in [3.05, 3.63) is 29.3 Å².